The maximum absolute atomic E-state index is 12.7. The number of nitrogens with one attached hydrogen (secondary N) is 3. The number of benzene rings is 3. The van der Waals surface area contributed by atoms with Gasteiger partial charge >= 0.3 is 6.09 Å². The normalized spacial score (nSPS) is 12.8. The number of aryl methyl sites for hydroxylation is 5. The van der Waals surface area contributed by atoms with E-state index in [9.17, 15) is 64.2 Å². The van der Waals surface area contributed by atoms with Crippen LogP contribution in [-0.4, -0.2) is 84.1 Å². The van der Waals surface area contributed by atoms with Crippen molar-refractivity contribution in [3.63, 3.8) is 0 Å². The SMILES string of the molecule is Cc1cc(=O)c(O)c(O)cc1C(=O)NCC1CCCCN1C(=O)OC(C)(C)C.Cc1cc(=O)c(O)c(O)cc1C(=O)Nc1ccccc1Cc1ccccc1.Cc1ccc(CNC(=O)c2cc(O)c(O)c(=O)cc2C)c(C)c1. The van der Waals surface area contributed by atoms with E-state index in [0.29, 0.717) is 41.9 Å². The first-order valence-electron chi connectivity index (χ1n) is 25.0. The van der Waals surface area contributed by atoms with Crippen LogP contribution in [0.25, 0.3) is 0 Å². The molecule has 18 nitrogen and oxygen atoms in total. The van der Waals surface area contributed by atoms with E-state index in [1.165, 1.54) is 0 Å². The van der Waals surface area contributed by atoms with E-state index >= 15 is 0 Å². The van der Waals surface area contributed by atoms with Crippen LogP contribution in [0.5, 0.6) is 34.5 Å². The second-order valence-electron chi connectivity index (χ2n) is 19.9. The molecule has 1 unspecified atom stereocenters. The first kappa shape index (κ1) is 59.7. The highest BCUT2D eigenvalue weighted by molar-refractivity contribution is 6.06. The molecular formula is C60H66N4O14. The van der Waals surface area contributed by atoms with E-state index < -0.39 is 80.2 Å². The van der Waals surface area contributed by atoms with Gasteiger partial charge in [0.1, 0.15) is 5.60 Å². The smallest absolute Gasteiger partial charge is 0.410 e. The highest BCUT2D eigenvalue weighted by atomic mass is 16.6. The first-order chi connectivity index (χ1) is 36.7. The third-order valence-corrected chi connectivity index (χ3v) is 12.5. The number of nitrogens with zero attached hydrogens (tertiary/aromatic N) is 1. The Bertz CT molecular complexity index is 3400. The zero-order valence-electron chi connectivity index (χ0n) is 44.8. The van der Waals surface area contributed by atoms with E-state index in [-0.39, 0.29) is 29.3 Å². The number of ether oxygens (including phenoxy) is 1. The topological polar surface area (TPSA) is 289 Å². The third-order valence-electron chi connectivity index (χ3n) is 12.5. The van der Waals surface area contributed by atoms with Crippen molar-refractivity contribution < 1.29 is 54.6 Å². The summed E-state index contributed by atoms with van der Waals surface area (Å²) in [5.74, 6) is -5.64. The number of carbonyl (C=O) groups is 4. The van der Waals surface area contributed by atoms with Gasteiger partial charge in [-0.05, 0) is 162 Å². The number of anilines is 1. The predicted molar refractivity (Wildman–Crippen MR) is 296 cm³/mol. The lowest BCUT2D eigenvalue weighted by Gasteiger charge is -2.36. The van der Waals surface area contributed by atoms with Crippen molar-refractivity contribution in [2.75, 3.05) is 18.4 Å². The van der Waals surface area contributed by atoms with E-state index in [4.69, 9.17) is 4.74 Å². The molecule has 0 aliphatic carbocycles. The monoisotopic (exact) mass is 1070 g/mol. The van der Waals surface area contributed by atoms with Gasteiger partial charge in [0.05, 0.1) is 6.04 Å². The van der Waals surface area contributed by atoms with Crippen LogP contribution in [0, 0.1) is 34.6 Å². The van der Waals surface area contributed by atoms with E-state index in [1.807, 2.05) is 80.6 Å². The molecule has 1 atom stereocenters. The molecule has 6 aromatic carbocycles. The highest BCUT2D eigenvalue weighted by Gasteiger charge is 2.31. The van der Waals surface area contributed by atoms with Gasteiger partial charge in [0.15, 0.2) is 17.2 Å². The summed E-state index contributed by atoms with van der Waals surface area (Å²) in [6.45, 7) is 15.2. The van der Waals surface area contributed by atoms with Crippen LogP contribution in [0.2, 0.25) is 0 Å². The fourth-order valence-electron chi connectivity index (χ4n) is 8.29. The molecule has 1 heterocycles. The fraction of sp³-hybridized carbons (Fsp3) is 0.283. The standard InChI is InChI=1S/C22H19NO4.C20H28N2O6.C18H19NO4/c1-14-11-19(24)21(26)20(25)13-17(14)22(27)23-18-10-6-5-9-16(18)12-15-7-3-2-4-8-15;1-12-9-15(23)17(25)16(24)10-14(12)18(26)21-11-13-7-5-6-8-22(13)19(27)28-20(2,3)4;1-10-4-5-13(11(2)6-10)9-19-18(23)14-8-16(21)17(22)15(20)7-12(14)3/h2-11,13H,12H2,1H3,(H,23,27)(H2,24,25,26);9-10,13H,5-8,11H2,1-4H3,(H,21,26)(H2,23,24,25);4-8H,9H2,1-3H3,(H,19,23)(H2,20,21,22). The van der Waals surface area contributed by atoms with E-state index in [2.05, 4.69) is 16.0 Å². The predicted octanol–water partition coefficient (Wildman–Crippen LogP) is 8.21. The molecule has 1 aliphatic heterocycles. The van der Waals surface area contributed by atoms with Gasteiger partial charge in [-0.15, -0.1) is 0 Å². The van der Waals surface area contributed by atoms with Crippen LogP contribution in [-0.2, 0) is 17.7 Å². The molecule has 6 aromatic rings. The quantitative estimate of drug-likeness (QED) is 0.0625. The summed E-state index contributed by atoms with van der Waals surface area (Å²) in [6.07, 6.45) is 2.78. The highest BCUT2D eigenvalue weighted by Crippen LogP contribution is 2.27. The van der Waals surface area contributed by atoms with E-state index in [1.54, 1.807) is 52.5 Å². The lowest BCUT2D eigenvalue weighted by molar-refractivity contribution is 0.00983. The van der Waals surface area contributed by atoms with Crippen molar-refractivity contribution in [2.24, 2.45) is 0 Å². The Balaban J connectivity index is 0.000000217. The summed E-state index contributed by atoms with van der Waals surface area (Å²) in [6, 6.07) is 29.7. The Morgan fingerprint density at radius 1 is 0.564 bits per heavy atom. The van der Waals surface area contributed by atoms with Gasteiger partial charge in [0.2, 0.25) is 33.5 Å². The molecule has 410 valence electrons. The number of amides is 4. The van der Waals surface area contributed by atoms with Crippen LogP contribution in [0.4, 0.5) is 10.5 Å². The average molecular weight is 1070 g/mol. The zero-order valence-corrected chi connectivity index (χ0v) is 44.8. The number of likely N-dealkylation sites (tertiary alicyclic amines) is 1. The molecule has 0 spiro atoms. The summed E-state index contributed by atoms with van der Waals surface area (Å²) in [5, 5.41) is 66.2. The summed E-state index contributed by atoms with van der Waals surface area (Å²) >= 11 is 0. The number of para-hydroxylation sites is 1. The Morgan fingerprint density at radius 3 is 1.56 bits per heavy atom. The van der Waals surface area contributed by atoms with Gasteiger partial charge < -0.3 is 56.2 Å². The largest absolute Gasteiger partial charge is 0.504 e. The van der Waals surface area contributed by atoms with Crippen LogP contribution in [0.15, 0.2) is 124 Å². The van der Waals surface area contributed by atoms with Crippen molar-refractivity contribution >= 4 is 29.5 Å². The number of piperidine rings is 1. The second kappa shape index (κ2) is 26.5. The lowest BCUT2D eigenvalue weighted by atomic mass is 10.0. The Hall–Kier alpha value is -9.19. The Kier molecular flexibility index (Phi) is 20.3. The summed E-state index contributed by atoms with van der Waals surface area (Å²) in [5.41, 5.74) is 4.44. The van der Waals surface area contributed by atoms with Crippen molar-refractivity contribution in [1.29, 1.82) is 0 Å². The third kappa shape index (κ3) is 16.4. The van der Waals surface area contributed by atoms with Gasteiger partial charge in [-0.25, -0.2) is 4.79 Å². The molecule has 0 aromatic heterocycles. The maximum Gasteiger partial charge on any atom is 0.410 e. The minimum absolute atomic E-state index is 0.0783. The fourth-order valence-corrected chi connectivity index (χ4v) is 8.29. The van der Waals surface area contributed by atoms with Crippen molar-refractivity contribution in [2.45, 2.75) is 99.3 Å². The number of hydrogen-bond donors (Lipinski definition) is 9. The first-order valence-corrected chi connectivity index (χ1v) is 25.0. The maximum atomic E-state index is 12.7. The summed E-state index contributed by atoms with van der Waals surface area (Å²) in [4.78, 5) is 86.7. The number of aromatic hydroxyl groups is 6. The lowest BCUT2D eigenvalue weighted by Crippen LogP contribution is -2.50. The molecular weight excluding hydrogens is 1000 g/mol. The van der Waals surface area contributed by atoms with Gasteiger partial charge in [-0.3, -0.25) is 28.8 Å². The van der Waals surface area contributed by atoms with Crippen LogP contribution in [0.1, 0.15) is 116 Å². The summed E-state index contributed by atoms with van der Waals surface area (Å²) in [7, 11) is 0. The average Bonchev–Trinajstić information content (AvgIpc) is 3.62. The second-order valence-corrected chi connectivity index (χ2v) is 19.9. The van der Waals surface area contributed by atoms with Crippen molar-refractivity contribution in [1.82, 2.24) is 15.5 Å². The van der Waals surface area contributed by atoms with Crippen LogP contribution in [0.3, 0.4) is 0 Å². The molecule has 1 saturated heterocycles. The van der Waals surface area contributed by atoms with Gasteiger partial charge in [-0.1, -0.05) is 72.3 Å². The van der Waals surface area contributed by atoms with Gasteiger partial charge in [0.25, 0.3) is 17.7 Å². The molecule has 1 fully saturated rings. The number of carbonyl (C=O) groups excluding carboxylic acids is 4. The summed E-state index contributed by atoms with van der Waals surface area (Å²) < 4.78 is 5.45. The minimum atomic E-state index is -0.800. The minimum Gasteiger partial charge on any atom is -0.504 e. The number of rotatable bonds is 10. The van der Waals surface area contributed by atoms with Gasteiger partial charge in [0, 0.05) is 42.0 Å². The molecule has 9 N–H and O–H groups in total. The molecule has 0 saturated carbocycles. The van der Waals surface area contributed by atoms with Crippen LogP contribution >= 0.6 is 0 Å². The van der Waals surface area contributed by atoms with Crippen molar-refractivity contribution in [3.8, 4) is 34.5 Å². The Morgan fingerprint density at radius 2 is 1.05 bits per heavy atom. The van der Waals surface area contributed by atoms with Crippen molar-refractivity contribution in [3.05, 3.63) is 201 Å². The van der Waals surface area contributed by atoms with Crippen LogP contribution < -0.4 is 32.2 Å². The van der Waals surface area contributed by atoms with Gasteiger partial charge in [-0.2, -0.15) is 0 Å². The molecule has 7 rings (SSSR count). The molecule has 0 radical (unpaired) electrons. The number of hydrogen-bond acceptors (Lipinski definition) is 14. The molecule has 0 bridgehead atoms. The zero-order chi connectivity index (χ0) is 57.6. The molecule has 1 aliphatic rings. The Labute approximate surface area is 451 Å². The molecule has 78 heavy (non-hydrogen) atoms. The molecule has 4 amide bonds. The van der Waals surface area contributed by atoms with E-state index in [0.717, 1.165) is 83.5 Å². The molecule has 18 heteroatoms.